The molecule has 0 aliphatic rings. The highest BCUT2D eigenvalue weighted by atomic mass is 127. The van der Waals surface area contributed by atoms with E-state index in [0.717, 1.165) is 0 Å². The largest absolute Gasteiger partial charge is 1.00 e. The van der Waals surface area contributed by atoms with Crippen LogP contribution < -0.4 is 33.9 Å². The van der Waals surface area contributed by atoms with Gasteiger partial charge in [0.2, 0.25) is 6.41 Å². The molecule has 0 aliphatic carbocycles. The third kappa shape index (κ3) is 5.31. The molecular formula is C9H11IN2O3. The first-order chi connectivity index (χ1) is 6.72. The van der Waals surface area contributed by atoms with E-state index < -0.39 is 5.97 Å². The molecule has 0 fully saturated rings. The summed E-state index contributed by atoms with van der Waals surface area (Å²) < 4.78 is 1.71. The van der Waals surface area contributed by atoms with Gasteiger partial charge in [-0.2, -0.15) is 0 Å². The predicted octanol–water partition coefficient (Wildman–Crippen LogP) is -2.98. The Balaban J connectivity index is 0.00000196. The van der Waals surface area contributed by atoms with E-state index in [1.54, 1.807) is 29.1 Å². The molecule has 1 rings (SSSR count). The number of carboxylic acid groups (broad SMARTS) is 1. The fourth-order valence-electron chi connectivity index (χ4n) is 1.04. The summed E-state index contributed by atoms with van der Waals surface area (Å²) in [7, 11) is 0. The molecule has 6 heteroatoms. The number of aromatic nitrogens is 1. The Hall–Kier alpha value is -1.18. The van der Waals surface area contributed by atoms with Crippen LogP contribution in [0, 0.1) is 0 Å². The topological polar surface area (TPSA) is 70.3 Å². The van der Waals surface area contributed by atoms with Crippen molar-refractivity contribution in [3.63, 3.8) is 0 Å². The number of carbonyl (C=O) groups is 2. The van der Waals surface area contributed by atoms with Gasteiger partial charge in [0, 0.05) is 6.07 Å². The van der Waals surface area contributed by atoms with Gasteiger partial charge in [-0.1, -0.05) is 0 Å². The number of carbonyl (C=O) groups excluding carboxylic acids is 1. The molecule has 0 aromatic carbocycles. The van der Waals surface area contributed by atoms with Gasteiger partial charge < -0.3 is 34.4 Å². The van der Waals surface area contributed by atoms with Crippen LogP contribution in [0.15, 0.2) is 24.5 Å². The number of hydrogen-bond acceptors (Lipinski definition) is 2. The zero-order chi connectivity index (χ0) is 10.4. The molecular weight excluding hydrogens is 311 g/mol. The SMILES string of the molecule is O=CNc1ccc[n+](CCC(=O)O)c1.[I-]. The summed E-state index contributed by atoms with van der Waals surface area (Å²) in [5.74, 6) is -0.841. The highest BCUT2D eigenvalue weighted by Crippen LogP contribution is 1.99. The van der Waals surface area contributed by atoms with Crippen LogP contribution >= 0.6 is 0 Å². The molecule has 0 aliphatic heterocycles. The molecule has 0 spiro atoms. The monoisotopic (exact) mass is 322 g/mol. The number of hydrogen-bond donors (Lipinski definition) is 2. The summed E-state index contributed by atoms with van der Waals surface area (Å²) in [6, 6.07) is 3.47. The van der Waals surface area contributed by atoms with E-state index >= 15 is 0 Å². The average Bonchev–Trinajstić information content (AvgIpc) is 2.16. The second-order valence-corrected chi connectivity index (χ2v) is 2.74. The fourth-order valence-corrected chi connectivity index (χ4v) is 1.04. The quantitative estimate of drug-likeness (QED) is 0.345. The van der Waals surface area contributed by atoms with E-state index in [-0.39, 0.29) is 30.4 Å². The van der Waals surface area contributed by atoms with Gasteiger partial charge in [-0.15, -0.1) is 0 Å². The Kier molecular flexibility index (Phi) is 6.59. The maximum absolute atomic E-state index is 10.3. The Labute approximate surface area is 104 Å². The number of carboxylic acids is 1. The number of rotatable bonds is 5. The van der Waals surface area contributed by atoms with Crippen LogP contribution in [0.5, 0.6) is 0 Å². The van der Waals surface area contributed by atoms with Crippen LogP contribution in [0.25, 0.3) is 0 Å². The molecule has 1 aromatic heterocycles. The Morgan fingerprint density at radius 2 is 2.33 bits per heavy atom. The standard InChI is InChI=1S/C9H10N2O3.HI/c12-7-10-8-2-1-4-11(6-8)5-3-9(13)14;/h1-2,4,6-7H,3,5H2,(H-,10,12,13,14);1H. The van der Waals surface area contributed by atoms with Crippen LogP contribution in [-0.2, 0) is 16.1 Å². The number of amides is 1. The summed E-state index contributed by atoms with van der Waals surface area (Å²) in [4.78, 5) is 20.4. The molecule has 0 unspecified atom stereocenters. The van der Waals surface area contributed by atoms with Crippen LogP contribution in [0.4, 0.5) is 5.69 Å². The molecule has 0 atom stereocenters. The lowest BCUT2D eigenvalue weighted by Crippen LogP contribution is -3.00. The maximum Gasteiger partial charge on any atom is 0.309 e. The summed E-state index contributed by atoms with van der Waals surface area (Å²) >= 11 is 0. The normalized spacial score (nSPS) is 8.80. The van der Waals surface area contributed by atoms with Crippen LogP contribution in [0.2, 0.25) is 0 Å². The summed E-state index contributed by atoms with van der Waals surface area (Å²) in [6.07, 6.45) is 4.07. The first-order valence-corrected chi connectivity index (χ1v) is 4.13. The lowest BCUT2D eigenvalue weighted by molar-refractivity contribution is -0.695. The number of anilines is 1. The maximum atomic E-state index is 10.3. The molecule has 1 amide bonds. The lowest BCUT2D eigenvalue weighted by Gasteiger charge is -1.97. The molecule has 1 heterocycles. The van der Waals surface area contributed by atoms with E-state index in [1.165, 1.54) is 0 Å². The van der Waals surface area contributed by atoms with Crippen molar-refractivity contribution in [2.24, 2.45) is 0 Å². The number of aliphatic carboxylic acids is 1. The highest BCUT2D eigenvalue weighted by molar-refractivity contribution is 5.69. The van der Waals surface area contributed by atoms with Crippen LogP contribution in [0.1, 0.15) is 6.42 Å². The molecule has 0 saturated carbocycles. The van der Waals surface area contributed by atoms with Crippen molar-refractivity contribution < 1.29 is 43.2 Å². The molecule has 0 bridgehead atoms. The zero-order valence-electron chi connectivity index (χ0n) is 7.89. The minimum absolute atomic E-state index is 0. The Bertz CT molecular complexity index is 344. The molecule has 1 aromatic rings. The van der Waals surface area contributed by atoms with Crippen molar-refractivity contribution in [2.75, 3.05) is 5.32 Å². The van der Waals surface area contributed by atoms with Gasteiger partial charge in [-0.25, -0.2) is 4.57 Å². The number of halogens is 1. The highest BCUT2D eigenvalue weighted by Gasteiger charge is 2.05. The van der Waals surface area contributed by atoms with E-state index in [1.807, 2.05) is 0 Å². The van der Waals surface area contributed by atoms with Gasteiger partial charge in [0.05, 0.1) is 0 Å². The van der Waals surface area contributed by atoms with Gasteiger partial charge in [-0.3, -0.25) is 9.59 Å². The van der Waals surface area contributed by atoms with Crippen molar-refractivity contribution in [3.8, 4) is 0 Å². The average molecular weight is 322 g/mol. The lowest BCUT2D eigenvalue weighted by atomic mass is 10.4. The summed E-state index contributed by atoms with van der Waals surface area (Å²) in [5.41, 5.74) is 0.646. The first kappa shape index (κ1) is 13.8. The van der Waals surface area contributed by atoms with Gasteiger partial charge >= 0.3 is 5.97 Å². The Morgan fingerprint density at radius 1 is 1.60 bits per heavy atom. The molecule has 0 saturated heterocycles. The number of nitrogens with one attached hydrogen (secondary N) is 1. The molecule has 15 heavy (non-hydrogen) atoms. The number of aryl methyl sites for hydroxylation is 1. The van der Waals surface area contributed by atoms with Crippen molar-refractivity contribution >= 4 is 18.1 Å². The molecule has 82 valence electrons. The summed E-state index contributed by atoms with van der Waals surface area (Å²) in [5, 5.41) is 10.9. The van der Waals surface area contributed by atoms with Crippen molar-refractivity contribution in [1.82, 2.24) is 0 Å². The van der Waals surface area contributed by atoms with Crippen molar-refractivity contribution in [3.05, 3.63) is 24.5 Å². The molecule has 0 radical (unpaired) electrons. The van der Waals surface area contributed by atoms with Crippen LogP contribution in [-0.4, -0.2) is 17.5 Å². The smallest absolute Gasteiger partial charge is 0.309 e. The Morgan fingerprint density at radius 3 is 2.93 bits per heavy atom. The summed E-state index contributed by atoms with van der Waals surface area (Å²) in [6.45, 7) is 0.393. The second-order valence-electron chi connectivity index (χ2n) is 2.74. The van der Waals surface area contributed by atoms with Crippen LogP contribution in [0.3, 0.4) is 0 Å². The minimum Gasteiger partial charge on any atom is -1.00 e. The number of nitrogens with zero attached hydrogens (tertiary/aromatic N) is 1. The number of pyridine rings is 1. The third-order valence-corrected chi connectivity index (χ3v) is 1.67. The predicted molar refractivity (Wildman–Crippen MR) is 48.6 cm³/mol. The van der Waals surface area contributed by atoms with E-state index in [0.29, 0.717) is 18.6 Å². The van der Waals surface area contributed by atoms with Crippen molar-refractivity contribution in [2.45, 2.75) is 13.0 Å². The van der Waals surface area contributed by atoms with Gasteiger partial charge in [0.15, 0.2) is 18.9 Å². The molecule has 5 nitrogen and oxygen atoms in total. The second kappa shape index (κ2) is 7.16. The van der Waals surface area contributed by atoms with E-state index in [4.69, 9.17) is 5.11 Å². The van der Waals surface area contributed by atoms with E-state index in [9.17, 15) is 9.59 Å². The van der Waals surface area contributed by atoms with Crippen molar-refractivity contribution in [1.29, 1.82) is 0 Å². The molecule has 2 N–H and O–H groups in total. The zero-order valence-corrected chi connectivity index (χ0v) is 10.0. The first-order valence-electron chi connectivity index (χ1n) is 4.13. The third-order valence-electron chi connectivity index (χ3n) is 1.67. The fraction of sp³-hybridized carbons (Fsp3) is 0.222. The minimum atomic E-state index is -0.841. The van der Waals surface area contributed by atoms with Gasteiger partial charge in [0.25, 0.3) is 0 Å². The van der Waals surface area contributed by atoms with Gasteiger partial charge in [0.1, 0.15) is 12.1 Å². The van der Waals surface area contributed by atoms with Gasteiger partial charge in [-0.05, 0) is 6.07 Å². The van der Waals surface area contributed by atoms with E-state index in [2.05, 4.69) is 5.32 Å².